The number of benzene rings is 1. The van der Waals surface area contributed by atoms with E-state index in [4.69, 9.17) is 5.73 Å². The van der Waals surface area contributed by atoms with Gasteiger partial charge in [-0.05, 0) is 47.2 Å². The molecule has 0 aliphatic rings. The van der Waals surface area contributed by atoms with Crippen molar-refractivity contribution in [3.8, 4) is 0 Å². The van der Waals surface area contributed by atoms with E-state index in [9.17, 15) is 0 Å². The van der Waals surface area contributed by atoms with Gasteiger partial charge in [0.25, 0.3) is 0 Å². The summed E-state index contributed by atoms with van der Waals surface area (Å²) >= 11 is 2.36. The van der Waals surface area contributed by atoms with Crippen LogP contribution in [0, 0.1) is 3.70 Å². The van der Waals surface area contributed by atoms with E-state index in [1.807, 2.05) is 12.1 Å². The summed E-state index contributed by atoms with van der Waals surface area (Å²) in [5.74, 6) is 0. The van der Waals surface area contributed by atoms with Crippen molar-refractivity contribution in [2.75, 3.05) is 5.73 Å². The monoisotopic (exact) mass is 300 g/mol. The topological polar surface area (TPSA) is 30.9 Å². The fourth-order valence-corrected chi connectivity index (χ4v) is 2.54. The van der Waals surface area contributed by atoms with E-state index in [-0.39, 0.29) is 0 Å². The summed E-state index contributed by atoms with van der Waals surface area (Å²) < 4.78 is 3.57. The van der Waals surface area contributed by atoms with E-state index >= 15 is 0 Å². The molecule has 0 unspecified atom stereocenters. The van der Waals surface area contributed by atoms with Crippen LogP contribution >= 0.6 is 22.6 Å². The second-order valence-electron chi connectivity index (χ2n) is 3.40. The van der Waals surface area contributed by atoms with Crippen molar-refractivity contribution in [1.82, 2.24) is 4.57 Å². The van der Waals surface area contributed by atoms with Crippen LogP contribution in [-0.4, -0.2) is 4.57 Å². The molecule has 0 atom stereocenters. The van der Waals surface area contributed by atoms with E-state index in [0.29, 0.717) is 0 Å². The Morgan fingerprint density at radius 3 is 2.93 bits per heavy atom. The molecule has 0 aliphatic carbocycles. The number of nitrogens with two attached hydrogens (primary N) is 1. The van der Waals surface area contributed by atoms with Crippen molar-refractivity contribution in [1.29, 1.82) is 0 Å². The molecule has 0 bridgehead atoms. The molecule has 1 heterocycles. The normalized spacial score (nSPS) is 11.0. The van der Waals surface area contributed by atoms with Crippen LogP contribution in [0.2, 0.25) is 0 Å². The molecule has 0 amide bonds. The van der Waals surface area contributed by atoms with Crippen molar-refractivity contribution in [2.45, 2.75) is 19.9 Å². The number of nitrogens with zero attached hydrogens (tertiary/aromatic N) is 1. The Kier molecular flexibility index (Phi) is 2.67. The van der Waals surface area contributed by atoms with E-state index in [0.717, 1.165) is 18.7 Å². The van der Waals surface area contributed by atoms with Crippen LogP contribution in [0.15, 0.2) is 24.3 Å². The van der Waals surface area contributed by atoms with Crippen LogP contribution in [0.1, 0.15) is 13.3 Å². The van der Waals surface area contributed by atoms with E-state index < -0.39 is 0 Å². The van der Waals surface area contributed by atoms with Crippen LogP contribution in [0.4, 0.5) is 5.69 Å². The lowest BCUT2D eigenvalue weighted by Crippen LogP contribution is -1.98. The van der Waals surface area contributed by atoms with Gasteiger partial charge in [0.1, 0.15) is 0 Å². The predicted octanol–water partition coefficient (Wildman–Crippen LogP) is 3.24. The number of aromatic nitrogens is 1. The van der Waals surface area contributed by atoms with Gasteiger partial charge in [-0.2, -0.15) is 0 Å². The predicted molar refractivity (Wildman–Crippen MR) is 69.4 cm³/mol. The number of hydrogen-bond acceptors (Lipinski definition) is 1. The van der Waals surface area contributed by atoms with Crippen LogP contribution in [0.5, 0.6) is 0 Å². The van der Waals surface area contributed by atoms with Gasteiger partial charge in [-0.3, -0.25) is 0 Å². The minimum atomic E-state index is 0.871. The average molecular weight is 300 g/mol. The van der Waals surface area contributed by atoms with Gasteiger partial charge < -0.3 is 10.3 Å². The second-order valence-corrected chi connectivity index (χ2v) is 4.50. The minimum Gasteiger partial charge on any atom is -0.398 e. The fraction of sp³-hybridized carbons (Fsp3) is 0.273. The smallest absolute Gasteiger partial charge is 0.0810 e. The highest BCUT2D eigenvalue weighted by molar-refractivity contribution is 14.1. The zero-order valence-corrected chi connectivity index (χ0v) is 10.3. The zero-order chi connectivity index (χ0) is 10.1. The first-order valence-corrected chi connectivity index (χ1v) is 5.85. The van der Waals surface area contributed by atoms with Gasteiger partial charge in [-0.25, -0.2) is 0 Å². The van der Waals surface area contributed by atoms with Crippen LogP contribution in [-0.2, 0) is 6.54 Å². The Morgan fingerprint density at radius 2 is 2.21 bits per heavy atom. The van der Waals surface area contributed by atoms with Gasteiger partial charge in [0, 0.05) is 17.6 Å². The second kappa shape index (κ2) is 3.81. The molecule has 74 valence electrons. The standard InChI is InChI=1S/C11H13IN2/c1-2-6-14-10-5-3-4-9(13)8(10)7-11(14)12/h3-5,7H,2,6,13H2,1H3. The van der Waals surface area contributed by atoms with E-state index in [2.05, 4.69) is 46.2 Å². The highest BCUT2D eigenvalue weighted by atomic mass is 127. The largest absolute Gasteiger partial charge is 0.398 e. The molecule has 0 saturated carbocycles. The van der Waals surface area contributed by atoms with Crippen LogP contribution < -0.4 is 5.73 Å². The summed E-state index contributed by atoms with van der Waals surface area (Å²) in [6.07, 6.45) is 1.15. The number of halogens is 1. The number of rotatable bonds is 2. The minimum absolute atomic E-state index is 0.871. The summed E-state index contributed by atoms with van der Waals surface area (Å²) in [5.41, 5.74) is 8.04. The molecule has 0 aliphatic heterocycles. The average Bonchev–Trinajstić information content (AvgIpc) is 2.47. The number of hydrogen-bond donors (Lipinski definition) is 1. The number of anilines is 1. The molecule has 3 heteroatoms. The molecule has 2 N–H and O–H groups in total. The zero-order valence-electron chi connectivity index (χ0n) is 8.13. The lowest BCUT2D eigenvalue weighted by Gasteiger charge is -2.04. The molecule has 2 nitrogen and oxygen atoms in total. The van der Waals surface area contributed by atoms with Crippen molar-refractivity contribution in [2.24, 2.45) is 0 Å². The Balaban J connectivity index is 2.70. The van der Waals surface area contributed by atoms with Crippen molar-refractivity contribution < 1.29 is 0 Å². The highest BCUT2D eigenvalue weighted by Crippen LogP contribution is 2.26. The van der Waals surface area contributed by atoms with E-state index in [1.54, 1.807) is 0 Å². The van der Waals surface area contributed by atoms with Gasteiger partial charge in [0.15, 0.2) is 0 Å². The van der Waals surface area contributed by atoms with Gasteiger partial charge >= 0.3 is 0 Å². The third-order valence-electron chi connectivity index (χ3n) is 2.38. The maximum Gasteiger partial charge on any atom is 0.0810 e. The molecule has 14 heavy (non-hydrogen) atoms. The Hall–Kier alpha value is -0.710. The van der Waals surface area contributed by atoms with Crippen LogP contribution in [0.3, 0.4) is 0 Å². The molecular weight excluding hydrogens is 287 g/mol. The Morgan fingerprint density at radius 1 is 1.43 bits per heavy atom. The van der Waals surface area contributed by atoms with Crippen molar-refractivity contribution >= 4 is 39.2 Å². The van der Waals surface area contributed by atoms with Crippen molar-refractivity contribution in [3.63, 3.8) is 0 Å². The van der Waals surface area contributed by atoms with E-state index in [1.165, 1.54) is 14.6 Å². The molecule has 0 fully saturated rings. The first-order valence-electron chi connectivity index (χ1n) is 4.77. The summed E-state index contributed by atoms with van der Waals surface area (Å²) in [7, 11) is 0. The summed E-state index contributed by atoms with van der Waals surface area (Å²) in [5, 5.41) is 1.17. The van der Waals surface area contributed by atoms with Gasteiger partial charge in [-0.1, -0.05) is 13.0 Å². The Labute approximate surface area is 97.2 Å². The van der Waals surface area contributed by atoms with Gasteiger partial charge in [0.05, 0.1) is 9.22 Å². The summed E-state index contributed by atoms with van der Waals surface area (Å²) in [4.78, 5) is 0. The number of nitrogen functional groups attached to an aromatic ring is 1. The Bertz CT molecular complexity index is 460. The molecule has 0 radical (unpaired) electrons. The lowest BCUT2D eigenvalue weighted by molar-refractivity contribution is 0.690. The summed E-state index contributed by atoms with van der Waals surface area (Å²) in [6.45, 7) is 3.25. The fourth-order valence-electron chi connectivity index (χ4n) is 1.73. The third-order valence-corrected chi connectivity index (χ3v) is 3.27. The first-order chi connectivity index (χ1) is 6.74. The molecule has 2 rings (SSSR count). The van der Waals surface area contributed by atoms with Crippen molar-refractivity contribution in [3.05, 3.63) is 28.0 Å². The third kappa shape index (κ3) is 1.49. The molecular formula is C11H13IN2. The molecule has 0 saturated heterocycles. The highest BCUT2D eigenvalue weighted by Gasteiger charge is 2.06. The summed E-state index contributed by atoms with van der Waals surface area (Å²) in [6, 6.07) is 8.25. The molecule has 1 aromatic heterocycles. The van der Waals surface area contributed by atoms with Gasteiger partial charge in [0.2, 0.25) is 0 Å². The molecule has 0 spiro atoms. The quantitative estimate of drug-likeness (QED) is 0.670. The molecule has 1 aromatic carbocycles. The molecule has 2 aromatic rings. The number of fused-ring (bicyclic) bond motifs is 1. The SMILES string of the molecule is CCCn1c(I)cc2c(N)cccc21. The van der Waals surface area contributed by atoms with Gasteiger partial charge in [-0.15, -0.1) is 0 Å². The number of aryl methyl sites for hydroxylation is 1. The maximum absolute atomic E-state index is 5.92. The first kappa shape index (κ1) is 9.83. The lowest BCUT2D eigenvalue weighted by atomic mass is 10.2. The van der Waals surface area contributed by atoms with Crippen LogP contribution in [0.25, 0.3) is 10.9 Å². The maximum atomic E-state index is 5.92.